The molecule has 0 unspecified atom stereocenters. The Labute approximate surface area is 153 Å². The number of benzene rings is 1. The number of thioether (sulfide) groups is 1. The third kappa shape index (κ3) is 4.89. The fourth-order valence-corrected chi connectivity index (χ4v) is 3.51. The van der Waals surface area contributed by atoms with Gasteiger partial charge in [-0.25, -0.2) is 4.98 Å². The van der Waals surface area contributed by atoms with Crippen molar-refractivity contribution in [1.82, 2.24) is 10.3 Å². The summed E-state index contributed by atoms with van der Waals surface area (Å²) >= 11 is 3.30. The highest BCUT2D eigenvalue weighted by Crippen LogP contribution is 2.29. The minimum atomic E-state index is 0.873. The lowest BCUT2D eigenvalue weighted by Gasteiger charge is -2.15. The van der Waals surface area contributed by atoms with Gasteiger partial charge in [0.05, 0.1) is 10.6 Å². The van der Waals surface area contributed by atoms with Gasteiger partial charge in [-0.3, -0.25) is 0 Å². The van der Waals surface area contributed by atoms with Gasteiger partial charge in [-0.15, -0.1) is 11.3 Å². The maximum absolute atomic E-state index is 4.36. The molecule has 0 bridgehead atoms. The Morgan fingerprint density at radius 3 is 2.75 bits per heavy atom. The summed E-state index contributed by atoms with van der Waals surface area (Å²) in [6, 6.07) is 6.33. The molecule has 1 aromatic carbocycles. The van der Waals surface area contributed by atoms with E-state index in [9.17, 15) is 0 Å². The summed E-state index contributed by atoms with van der Waals surface area (Å²) in [5.74, 6) is 0. The lowest BCUT2D eigenvalue weighted by molar-refractivity contribution is 0.745. The molecule has 5 heteroatoms. The SMILES string of the molecule is C=C(NCCCC)c1ccc(C)c(NC(=C)c2cnc(SC)s2)c1. The molecule has 0 amide bonds. The Balaban J connectivity index is 2.10. The molecule has 1 heterocycles. The molecule has 0 aliphatic carbocycles. The zero-order valence-electron chi connectivity index (χ0n) is 14.6. The highest BCUT2D eigenvalue weighted by molar-refractivity contribution is 8.00. The number of hydrogen-bond acceptors (Lipinski definition) is 5. The first-order valence-electron chi connectivity index (χ1n) is 8.05. The Morgan fingerprint density at radius 2 is 2.08 bits per heavy atom. The fraction of sp³-hybridized carbons (Fsp3) is 0.316. The fourth-order valence-electron chi connectivity index (χ4n) is 2.18. The standard InChI is InChI=1S/C19H25N3S2/c1-6-7-10-20-14(3)16-9-8-13(2)17(11-16)22-15(4)18-12-21-19(23-5)24-18/h8-9,11-12,20,22H,3-4,6-7,10H2,1-2,5H3. The van der Waals surface area contributed by atoms with Crippen LogP contribution >= 0.6 is 23.1 Å². The Bertz CT molecular complexity index is 719. The van der Waals surface area contributed by atoms with Crippen LogP contribution in [0, 0.1) is 6.92 Å². The topological polar surface area (TPSA) is 37.0 Å². The quantitative estimate of drug-likeness (QED) is 0.450. The summed E-state index contributed by atoms with van der Waals surface area (Å²) in [5.41, 5.74) is 5.16. The highest BCUT2D eigenvalue weighted by Gasteiger charge is 2.08. The van der Waals surface area contributed by atoms with E-state index in [4.69, 9.17) is 0 Å². The van der Waals surface area contributed by atoms with Crippen molar-refractivity contribution in [3.05, 3.63) is 53.6 Å². The van der Waals surface area contributed by atoms with E-state index >= 15 is 0 Å². The molecule has 1 aromatic heterocycles. The second-order valence-electron chi connectivity index (χ2n) is 5.59. The summed E-state index contributed by atoms with van der Waals surface area (Å²) in [6.45, 7) is 13.5. The molecule has 0 atom stereocenters. The number of thiazole rings is 1. The van der Waals surface area contributed by atoms with Crippen LogP contribution in [0.5, 0.6) is 0 Å². The van der Waals surface area contributed by atoms with E-state index in [1.165, 1.54) is 12.0 Å². The molecule has 0 saturated heterocycles. The second-order valence-corrected chi connectivity index (χ2v) is 7.67. The summed E-state index contributed by atoms with van der Waals surface area (Å²) in [5, 5.41) is 6.81. The summed E-state index contributed by atoms with van der Waals surface area (Å²) in [4.78, 5) is 5.42. The van der Waals surface area contributed by atoms with Gasteiger partial charge in [-0.2, -0.15) is 0 Å². The maximum Gasteiger partial charge on any atom is 0.150 e. The average molecular weight is 360 g/mol. The van der Waals surface area contributed by atoms with Gasteiger partial charge < -0.3 is 10.6 Å². The molecular weight excluding hydrogens is 334 g/mol. The smallest absolute Gasteiger partial charge is 0.150 e. The van der Waals surface area contributed by atoms with Crippen molar-refractivity contribution in [2.45, 2.75) is 31.0 Å². The molecule has 128 valence electrons. The van der Waals surface area contributed by atoms with Gasteiger partial charge in [0.1, 0.15) is 4.34 Å². The van der Waals surface area contributed by atoms with Crippen LogP contribution < -0.4 is 10.6 Å². The van der Waals surface area contributed by atoms with Gasteiger partial charge in [0.25, 0.3) is 0 Å². The monoisotopic (exact) mass is 359 g/mol. The first kappa shape index (κ1) is 18.6. The van der Waals surface area contributed by atoms with E-state index in [-0.39, 0.29) is 0 Å². The van der Waals surface area contributed by atoms with E-state index in [1.807, 2.05) is 12.5 Å². The molecule has 0 aliphatic rings. The summed E-state index contributed by atoms with van der Waals surface area (Å²) in [7, 11) is 0. The third-order valence-corrected chi connectivity index (χ3v) is 5.75. The predicted molar refractivity (Wildman–Crippen MR) is 110 cm³/mol. The van der Waals surface area contributed by atoms with E-state index in [0.29, 0.717) is 0 Å². The predicted octanol–water partition coefficient (Wildman–Crippen LogP) is 5.62. The minimum absolute atomic E-state index is 0.873. The number of rotatable bonds is 9. The van der Waals surface area contributed by atoms with Gasteiger partial charge >= 0.3 is 0 Å². The van der Waals surface area contributed by atoms with Crippen molar-refractivity contribution in [3.8, 4) is 0 Å². The largest absolute Gasteiger partial charge is 0.385 e. The molecule has 3 nitrogen and oxygen atoms in total. The number of nitrogens with one attached hydrogen (secondary N) is 2. The first-order chi connectivity index (χ1) is 11.5. The van der Waals surface area contributed by atoms with Crippen molar-refractivity contribution >= 4 is 40.2 Å². The molecular formula is C19H25N3S2. The molecule has 0 spiro atoms. The van der Waals surface area contributed by atoms with Gasteiger partial charge in [0.15, 0.2) is 0 Å². The van der Waals surface area contributed by atoms with E-state index in [2.05, 4.69) is 60.8 Å². The van der Waals surface area contributed by atoms with Crippen LogP contribution in [0.4, 0.5) is 5.69 Å². The lowest BCUT2D eigenvalue weighted by atomic mass is 10.1. The van der Waals surface area contributed by atoms with Crippen LogP contribution in [0.3, 0.4) is 0 Å². The molecule has 2 aromatic rings. The number of aryl methyl sites for hydroxylation is 1. The zero-order chi connectivity index (χ0) is 17.5. The van der Waals surface area contributed by atoms with Crippen molar-refractivity contribution in [1.29, 1.82) is 0 Å². The van der Waals surface area contributed by atoms with Crippen molar-refractivity contribution in [2.24, 2.45) is 0 Å². The van der Waals surface area contributed by atoms with Crippen LogP contribution in [0.15, 0.2) is 41.9 Å². The molecule has 2 N–H and O–H groups in total. The number of unbranched alkanes of at least 4 members (excludes halogenated alkanes) is 1. The van der Waals surface area contributed by atoms with E-state index in [0.717, 1.165) is 44.8 Å². The molecule has 2 rings (SSSR count). The van der Waals surface area contributed by atoms with E-state index in [1.54, 1.807) is 23.1 Å². The summed E-state index contributed by atoms with van der Waals surface area (Å²) in [6.07, 6.45) is 6.23. The first-order valence-corrected chi connectivity index (χ1v) is 10.1. The molecule has 0 saturated carbocycles. The third-order valence-electron chi connectivity index (χ3n) is 3.70. The van der Waals surface area contributed by atoms with E-state index < -0.39 is 0 Å². The van der Waals surface area contributed by atoms with Gasteiger partial charge in [-0.05, 0) is 36.8 Å². The summed E-state index contributed by atoms with van der Waals surface area (Å²) < 4.78 is 1.05. The number of nitrogens with zero attached hydrogens (tertiary/aromatic N) is 1. The average Bonchev–Trinajstić information content (AvgIpc) is 3.06. The second kappa shape index (κ2) is 8.94. The lowest BCUT2D eigenvalue weighted by Crippen LogP contribution is -2.12. The van der Waals surface area contributed by atoms with Crippen molar-refractivity contribution < 1.29 is 0 Å². The van der Waals surface area contributed by atoms with Crippen LogP contribution in [0.2, 0.25) is 0 Å². The number of anilines is 1. The van der Waals surface area contributed by atoms with Crippen molar-refractivity contribution in [2.75, 3.05) is 18.1 Å². The van der Waals surface area contributed by atoms with Crippen LogP contribution in [-0.4, -0.2) is 17.8 Å². The van der Waals surface area contributed by atoms with Crippen LogP contribution in [-0.2, 0) is 0 Å². The van der Waals surface area contributed by atoms with Crippen LogP contribution in [0.1, 0.15) is 35.8 Å². The number of hydrogen-bond donors (Lipinski definition) is 2. The highest BCUT2D eigenvalue weighted by atomic mass is 32.2. The van der Waals surface area contributed by atoms with Gasteiger partial charge in [-0.1, -0.05) is 50.4 Å². The van der Waals surface area contributed by atoms with Gasteiger partial charge in [0.2, 0.25) is 0 Å². The Hall–Kier alpha value is -1.72. The molecule has 0 fully saturated rings. The van der Waals surface area contributed by atoms with Crippen LogP contribution in [0.25, 0.3) is 11.4 Å². The minimum Gasteiger partial charge on any atom is -0.385 e. The maximum atomic E-state index is 4.36. The molecule has 24 heavy (non-hydrogen) atoms. The van der Waals surface area contributed by atoms with Crippen molar-refractivity contribution in [3.63, 3.8) is 0 Å². The normalized spacial score (nSPS) is 10.5. The molecule has 0 aliphatic heterocycles. The van der Waals surface area contributed by atoms with Gasteiger partial charge in [0, 0.05) is 24.1 Å². The molecule has 0 radical (unpaired) electrons. The Kier molecular flexibility index (Phi) is 6.94. The zero-order valence-corrected chi connectivity index (χ0v) is 16.2. The number of aromatic nitrogens is 1. The Morgan fingerprint density at radius 1 is 1.29 bits per heavy atom.